The van der Waals surface area contributed by atoms with Gasteiger partial charge in [0, 0.05) is 5.69 Å². The van der Waals surface area contributed by atoms with Crippen LogP contribution in [0.15, 0.2) is 36.4 Å². The number of rotatable bonds is 5. The Kier molecular flexibility index (Phi) is 5.96. The van der Waals surface area contributed by atoms with Crippen LogP contribution in [0.5, 0.6) is 0 Å². The first-order valence-corrected chi connectivity index (χ1v) is 7.63. The van der Waals surface area contributed by atoms with E-state index in [1.165, 1.54) is 12.1 Å². The van der Waals surface area contributed by atoms with Crippen molar-refractivity contribution in [2.75, 3.05) is 11.9 Å². The normalized spacial score (nSPS) is 10.2. The van der Waals surface area contributed by atoms with E-state index in [1.807, 2.05) is 19.1 Å². The highest BCUT2D eigenvalue weighted by Crippen LogP contribution is 2.17. The van der Waals surface area contributed by atoms with Gasteiger partial charge in [-0.2, -0.15) is 0 Å². The summed E-state index contributed by atoms with van der Waals surface area (Å²) in [5, 5.41) is 2.85. The Bertz CT molecular complexity index is 718. The summed E-state index contributed by atoms with van der Waals surface area (Å²) in [4.78, 5) is 27.4. The molecule has 0 radical (unpaired) electrons. The van der Waals surface area contributed by atoms with Crippen LogP contribution in [-0.4, -0.2) is 23.5 Å². The van der Waals surface area contributed by atoms with Gasteiger partial charge in [0.1, 0.15) is 5.15 Å². The third-order valence-corrected chi connectivity index (χ3v) is 3.50. The molecule has 0 aliphatic carbocycles. The summed E-state index contributed by atoms with van der Waals surface area (Å²) in [5.41, 5.74) is 1.66. The number of nitrogens with one attached hydrogen (secondary N) is 1. The first-order valence-electron chi connectivity index (χ1n) is 6.87. The Morgan fingerprint density at radius 1 is 1.13 bits per heavy atom. The van der Waals surface area contributed by atoms with Crippen molar-refractivity contribution < 1.29 is 14.3 Å². The van der Waals surface area contributed by atoms with Gasteiger partial charge in [-0.3, -0.25) is 4.79 Å². The monoisotopic (exact) mass is 352 g/mol. The fraction of sp³-hybridized carbons (Fsp3) is 0.188. The fourth-order valence-electron chi connectivity index (χ4n) is 1.78. The van der Waals surface area contributed by atoms with Crippen LogP contribution >= 0.6 is 23.2 Å². The summed E-state index contributed by atoms with van der Waals surface area (Å²) < 4.78 is 4.89. The molecule has 120 valence electrons. The lowest BCUT2D eigenvalue weighted by Gasteiger charge is -2.07. The number of nitrogens with zero attached hydrogens (tertiary/aromatic N) is 1. The number of aromatic nitrogens is 1. The first-order chi connectivity index (χ1) is 11.0. The molecular formula is C16H14Cl2N2O3. The number of benzene rings is 1. The highest BCUT2D eigenvalue weighted by molar-refractivity contribution is 6.34. The van der Waals surface area contributed by atoms with E-state index >= 15 is 0 Å². The molecule has 1 aromatic carbocycles. The molecule has 7 heteroatoms. The Balaban J connectivity index is 1.90. The van der Waals surface area contributed by atoms with Crippen LogP contribution in [0, 0.1) is 0 Å². The Hall–Kier alpha value is -2.11. The minimum Gasteiger partial charge on any atom is -0.451 e. The van der Waals surface area contributed by atoms with E-state index in [-0.39, 0.29) is 15.9 Å². The Labute approximate surface area is 143 Å². The van der Waals surface area contributed by atoms with Gasteiger partial charge in [-0.25, -0.2) is 9.78 Å². The number of aryl methyl sites for hydroxylation is 1. The number of pyridine rings is 1. The van der Waals surface area contributed by atoms with Crippen molar-refractivity contribution in [3.63, 3.8) is 0 Å². The van der Waals surface area contributed by atoms with Gasteiger partial charge in [-0.05, 0) is 36.2 Å². The number of halogens is 2. The minimum absolute atomic E-state index is 0.106. The number of anilines is 1. The van der Waals surface area contributed by atoms with Gasteiger partial charge in [-0.1, -0.05) is 42.3 Å². The number of amides is 1. The van der Waals surface area contributed by atoms with Gasteiger partial charge in [0.25, 0.3) is 5.91 Å². The summed E-state index contributed by atoms with van der Waals surface area (Å²) in [5.74, 6) is -1.27. The number of carbonyl (C=O) groups excluding carboxylic acids is 2. The Morgan fingerprint density at radius 2 is 1.83 bits per heavy atom. The highest BCUT2D eigenvalue weighted by Gasteiger charge is 2.16. The minimum atomic E-state index is -0.811. The van der Waals surface area contributed by atoms with Gasteiger partial charge in [0.15, 0.2) is 12.3 Å². The topological polar surface area (TPSA) is 68.3 Å². The number of ether oxygens (including phenoxy) is 1. The fourth-order valence-corrected chi connectivity index (χ4v) is 2.11. The molecule has 2 rings (SSSR count). The van der Waals surface area contributed by atoms with E-state index in [2.05, 4.69) is 10.3 Å². The summed E-state index contributed by atoms with van der Waals surface area (Å²) >= 11 is 11.5. The molecule has 0 aliphatic rings. The zero-order valence-electron chi connectivity index (χ0n) is 12.3. The zero-order valence-corrected chi connectivity index (χ0v) is 13.8. The highest BCUT2D eigenvalue weighted by atomic mass is 35.5. The van der Waals surface area contributed by atoms with E-state index < -0.39 is 18.5 Å². The van der Waals surface area contributed by atoms with Gasteiger partial charge >= 0.3 is 5.97 Å². The maximum atomic E-state index is 11.9. The van der Waals surface area contributed by atoms with Crippen LogP contribution in [-0.2, 0) is 16.0 Å². The van der Waals surface area contributed by atoms with Gasteiger partial charge in [0.05, 0.1) is 5.02 Å². The smallest absolute Gasteiger partial charge is 0.359 e. The number of hydrogen-bond acceptors (Lipinski definition) is 4. The van der Waals surface area contributed by atoms with Crippen LogP contribution in [0.3, 0.4) is 0 Å². The molecule has 0 bridgehead atoms. The molecule has 0 unspecified atom stereocenters. The molecule has 1 amide bonds. The second-order valence-electron chi connectivity index (χ2n) is 4.64. The average Bonchev–Trinajstić information content (AvgIpc) is 2.55. The SMILES string of the molecule is CCc1ccc(NC(=O)COC(=O)c2nc(Cl)ccc2Cl)cc1. The third-order valence-electron chi connectivity index (χ3n) is 2.99. The molecule has 1 heterocycles. The average molecular weight is 353 g/mol. The van der Waals surface area contributed by atoms with Gasteiger partial charge < -0.3 is 10.1 Å². The summed E-state index contributed by atoms with van der Waals surface area (Å²) in [6.45, 7) is 1.60. The maximum Gasteiger partial charge on any atom is 0.359 e. The molecule has 0 atom stereocenters. The Morgan fingerprint density at radius 3 is 2.48 bits per heavy atom. The van der Waals surface area contributed by atoms with Crippen molar-refractivity contribution in [3.8, 4) is 0 Å². The lowest BCUT2D eigenvalue weighted by atomic mass is 10.1. The van der Waals surface area contributed by atoms with Crippen molar-refractivity contribution in [3.05, 3.63) is 57.8 Å². The molecular weight excluding hydrogens is 339 g/mol. The van der Waals surface area contributed by atoms with Crippen molar-refractivity contribution in [2.24, 2.45) is 0 Å². The molecule has 0 saturated heterocycles. The van der Waals surface area contributed by atoms with Gasteiger partial charge in [-0.15, -0.1) is 0 Å². The molecule has 1 aromatic heterocycles. The van der Waals surface area contributed by atoms with E-state index in [0.717, 1.165) is 12.0 Å². The standard InChI is InChI=1S/C16H14Cl2N2O3/c1-2-10-3-5-11(6-4-10)19-14(21)9-23-16(22)15-12(17)7-8-13(18)20-15/h3-8H,2,9H2,1H3,(H,19,21). The lowest BCUT2D eigenvalue weighted by Crippen LogP contribution is -2.21. The molecule has 0 spiro atoms. The lowest BCUT2D eigenvalue weighted by molar-refractivity contribution is -0.119. The van der Waals surface area contributed by atoms with Crippen LogP contribution in [0.2, 0.25) is 10.2 Å². The van der Waals surface area contributed by atoms with E-state index in [1.54, 1.807) is 12.1 Å². The number of hydrogen-bond donors (Lipinski definition) is 1. The van der Waals surface area contributed by atoms with Crippen LogP contribution in [0.1, 0.15) is 23.0 Å². The summed E-state index contributed by atoms with van der Waals surface area (Å²) in [6, 6.07) is 10.3. The molecule has 5 nitrogen and oxygen atoms in total. The van der Waals surface area contributed by atoms with E-state index in [9.17, 15) is 9.59 Å². The summed E-state index contributed by atoms with van der Waals surface area (Å²) in [6.07, 6.45) is 0.916. The van der Waals surface area contributed by atoms with Crippen molar-refractivity contribution in [2.45, 2.75) is 13.3 Å². The molecule has 1 N–H and O–H groups in total. The van der Waals surface area contributed by atoms with E-state index in [4.69, 9.17) is 27.9 Å². The first kappa shape index (κ1) is 17.2. The van der Waals surface area contributed by atoms with E-state index in [0.29, 0.717) is 5.69 Å². The molecule has 0 saturated carbocycles. The quantitative estimate of drug-likeness (QED) is 0.657. The van der Waals surface area contributed by atoms with Crippen molar-refractivity contribution in [1.82, 2.24) is 4.98 Å². The molecule has 23 heavy (non-hydrogen) atoms. The van der Waals surface area contributed by atoms with Crippen LogP contribution in [0.4, 0.5) is 5.69 Å². The van der Waals surface area contributed by atoms with Crippen molar-refractivity contribution >= 4 is 40.8 Å². The molecule has 0 fully saturated rings. The van der Waals surface area contributed by atoms with Gasteiger partial charge in [0.2, 0.25) is 0 Å². The molecule has 0 aliphatic heterocycles. The largest absolute Gasteiger partial charge is 0.451 e. The zero-order chi connectivity index (χ0) is 16.8. The van der Waals surface area contributed by atoms with Crippen molar-refractivity contribution in [1.29, 1.82) is 0 Å². The summed E-state index contributed by atoms with van der Waals surface area (Å²) in [7, 11) is 0. The molecule has 2 aromatic rings. The predicted octanol–water partition coefficient (Wildman–Crippen LogP) is 3.75. The van der Waals surface area contributed by atoms with Crippen LogP contribution in [0.25, 0.3) is 0 Å². The second-order valence-corrected chi connectivity index (χ2v) is 5.43. The third kappa shape index (κ3) is 4.94. The van der Waals surface area contributed by atoms with Crippen LogP contribution < -0.4 is 5.32 Å². The predicted molar refractivity (Wildman–Crippen MR) is 89.0 cm³/mol. The number of esters is 1. The number of carbonyl (C=O) groups is 2. The second kappa shape index (κ2) is 7.94. The maximum absolute atomic E-state index is 11.9.